The minimum Gasteiger partial charge on any atom is -0.268 e. The molecule has 0 radical (unpaired) electrons. The maximum Gasteiger partial charge on any atom is 0.0828 e. The second-order valence-corrected chi connectivity index (χ2v) is 4.57. The molecule has 0 fully saturated rings. The number of rotatable bonds is 4. The van der Waals surface area contributed by atoms with E-state index in [1.54, 1.807) is 6.20 Å². The maximum atomic E-state index is 4.51. The van der Waals surface area contributed by atoms with Crippen LogP contribution in [0.4, 0.5) is 0 Å². The summed E-state index contributed by atoms with van der Waals surface area (Å²) in [7, 11) is 0. The highest BCUT2D eigenvalue weighted by Crippen LogP contribution is 2.10. The molecule has 0 unspecified atom stereocenters. The molecule has 86 valence electrons. The van der Waals surface area contributed by atoms with Gasteiger partial charge in [0.15, 0.2) is 0 Å². The van der Waals surface area contributed by atoms with Crippen LogP contribution in [0.25, 0.3) is 0 Å². The molecular weight excluding hydrogens is 268 g/mol. The van der Waals surface area contributed by atoms with Crippen molar-refractivity contribution >= 4 is 15.9 Å². The van der Waals surface area contributed by atoms with Gasteiger partial charge in [0.05, 0.1) is 28.6 Å². The molecule has 0 aliphatic carbocycles. The van der Waals surface area contributed by atoms with Crippen LogP contribution in [0.1, 0.15) is 25.2 Å². The summed E-state index contributed by atoms with van der Waals surface area (Å²) in [5.74, 6) is 0. The molecule has 2 aromatic rings. The Morgan fingerprint density at radius 2 is 2.19 bits per heavy atom. The number of nitrogens with zero attached hydrogens (tertiary/aromatic N) is 4. The number of hydrogen-bond acceptors (Lipinski definition) is 2. The first-order valence-electron chi connectivity index (χ1n) is 5.46. The Morgan fingerprint density at radius 3 is 2.75 bits per heavy atom. The lowest BCUT2D eigenvalue weighted by Crippen LogP contribution is -2.08. The van der Waals surface area contributed by atoms with Gasteiger partial charge in [0.25, 0.3) is 0 Å². The fourth-order valence-electron chi connectivity index (χ4n) is 1.68. The van der Waals surface area contributed by atoms with Crippen molar-refractivity contribution in [2.75, 3.05) is 0 Å². The number of aryl methyl sites for hydroxylation is 2. The van der Waals surface area contributed by atoms with Crippen molar-refractivity contribution in [3.05, 3.63) is 34.3 Å². The summed E-state index contributed by atoms with van der Waals surface area (Å²) in [6.45, 7) is 5.90. The van der Waals surface area contributed by atoms with Gasteiger partial charge in [0, 0.05) is 12.7 Å². The van der Waals surface area contributed by atoms with Crippen LogP contribution in [-0.4, -0.2) is 19.6 Å². The largest absolute Gasteiger partial charge is 0.268 e. The van der Waals surface area contributed by atoms with E-state index in [0.717, 1.165) is 29.7 Å². The highest BCUT2D eigenvalue weighted by Gasteiger charge is 2.06. The lowest BCUT2D eigenvalue weighted by atomic mass is 10.3. The van der Waals surface area contributed by atoms with E-state index in [2.05, 4.69) is 46.0 Å². The predicted molar refractivity (Wildman–Crippen MR) is 66.3 cm³/mol. The van der Waals surface area contributed by atoms with Gasteiger partial charge in [0.1, 0.15) is 0 Å². The summed E-state index contributed by atoms with van der Waals surface area (Å²) in [5.41, 5.74) is 2.35. The molecular formula is C11H15BrN4. The average Bonchev–Trinajstić information content (AvgIpc) is 2.85. The lowest BCUT2D eigenvalue weighted by Gasteiger charge is -2.04. The first kappa shape index (κ1) is 11.4. The third-order valence-electron chi connectivity index (χ3n) is 2.50. The zero-order valence-corrected chi connectivity index (χ0v) is 11.1. The smallest absolute Gasteiger partial charge is 0.0828 e. The van der Waals surface area contributed by atoms with Crippen LogP contribution in [0.15, 0.2) is 22.9 Å². The van der Waals surface area contributed by atoms with Gasteiger partial charge in [-0.15, -0.1) is 0 Å². The Labute approximate surface area is 103 Å². The van der Waals surface area contributed by atoms with Gasteiger partial charge in [0.2, 0.25) is 0 Å². The maximum absolute atomic E-state index is 4.51. The SMILES string of the molecule is CCc1cc(Cn2cc(Br)cn2)n(CC)n1. The van der Waals surface area contributed by atoms with E-state index >= 15 is 0 Å². The second kappa shape index (κ2) is 4.82. The monoisotopic (exact) mass is 282 g/mol. The Kier molecular flexibility index (Phi) is 3.43. The zero-order valence-electron chi connectivity index (χ0n) is 9.52. The average molecular weight is 283 g/mol. The van der Waals surface area contributed by atoms with Gasteiger partial charge in [-0.1, -0.05) is 6.92 Å². The van der Waals surface area contributed by atoms with E-state index in [0.29, 0.717) is 0 Å². The van der Waals surface area contributed by atoms with E-state index in [1.165, 1.54) is 5.69 Å². The summed E-state index contributed by atoms with van der Waals surface area (Å²) < 4.78 is 4.95. The van der Waals surface area contributed by atoms with Crippen LogP contribution in [0.5, 0.6) is 0 Å². The summed E-state index contributed by atoms with van der Waals surface area (Å²) in [6.07, 6.45) is 4.74. The van der Waals surface area contributed by atoms with Crippen molar-refractivity contribution in [2.24, 2.45) is 0 Å². The molecule has 16 heavy (non-hydrogen) atoms. The van der Waals surface area contributed by atoms with Gasteiger partial charge in [-0.05, 0) is 35.3 Å². The van der Waals surface area contributed by atoms with Crippen LogP contribution in [0, 0.1) is 0 Å². The Morgan fingerprint density at radius 1 is 1.38 bits per heavy atom. The summed E-state index contributed by atoms with van der Waals surface area (Å²) in [6, 6.07) is 2.15. The van der Waals surface area contributed by atoms with E-state index < -0.39 is 0 Å². The van der Waals surface area contributed by atoms with Gasteiger partial charge >= 0.3 is 0 Å². The minimum atomic E-state index is 0.770. The van der Waals surface area contributed by atoms with Gasteiger partial charge in [-0.25, -0.2) is 0 Å². The molecule has 0 N–H and O–H groups in total. The topological polar surface area (TPSA) is 35.6 Å². The van der Waals surface area contributed by atoms with Crippen molar-refractivity contribution in [3.8, 4) is 0 Å². The van der Waals surface area contributed by atoms with Crippen LogP contribution in [0.2, 0.25) is 0 Å². The van der Waals surface area contributed by atoms with Gasteiger partial charge < -0.3 is 0 Å². The molecule has 0 aliphatic heterocycles. The number of halogens is 1. The molecule has 2 aromatic heterocycles. The zero-order chi connectivity index (χ0) is 11.5. The Balaban J connectivity index is 2.22. The van der Waals surface area contributed by atoms with Crippen molar-refractivity contribution in [1.82, 2.24) is 19.6 Å². The molecule has 0 spiro atoms. The normalized spacial score (nSPS) is 10.9. The Hall–Kier alpha value is -1.10. The third-order valence-corrected chi connectivity index (χ3v) is 2.91. The molecule has 5 heteroatoms. The van der Waals surface area contributed by atoms with Crippen LogP contribution in [0.3, 0.4) is 0 Å². The summed E-state index contributed by atoms with van der Waals surface area (Å²) in [4.78, 5) is 0. The molecule has 0 aliphatic rings. The molecule has 0 bridgehead atoms. The molecule has 0 amide bonds. The standard InChI is InChI=1S/C11H15BrN4/c1-3-10-5-11(16(4-2)14-10)8-15-7-9(12)6-13-15/h5-7H,3-4,8H2,1-2H3. The number of aromatic nitrogens is 4. The fraction of sp³-hybridized carbons (Fsp3) is 0.455. The molecule has 4 nitrogen and oxygen atoms in total. The van der Waals surface area contributed by atoms with Crippen LogP contribution < -0.4 is 0 Å². The van der Waals surface area contributed by atoms with Gasteiger partial charge in [-0.2, -0.15) is 10.2 Å². The first-order valence-corrected chi connectivity index (χ1v) is 6.25. The third kappa shape index (κ3) is 2.35. The van der Waals surface area contributed by atoms with Crippen LogP contribution >= 0.6 is 15.9 Å². The van der Waals surface area contributed by atoms with Crippen molar-refractivity contribution in [2.45, 2.75) is 33.4 Å². The quantitative estimate of drug-likeness (QED) is 0.864. The van der Waals surface area contributed by atoms with Crippen molar-refractivity contribution in [3.63, 3.8) is 0 Å². The molecule has 2 rings (SSSR count). The first-order chi connectivity index (χ1) is 7.72. The summed E-state index contributed by atoms with van der Waals surface area (Å²) in [5, 5.41) is 8.76. The van der Waals surface area contributed by atoms with E-state index in [9.17, 15) is 0 Å². The molecule has 2 heterocycles. The van der Waals surface area contributed by atoms with E-state index in [4.69, 9.17) is 0 Å². The van der Waals surface area contributed by atoms with E-state index in [1.807, 2.05) is 15.6 Å². The molecule has 0 atom stereocenters. The molecule has 0 saturated carbocycles. The fourth-order valence-corrected chi connectivity index (χ4v) is 2.01. The van der Waals surface area contributed by atoms with Gasteiger partial charge in [-0.3, -0.25) is 9.36 Å². The lowest BCUT2D eigenvalue weighted by molar-refractivity contribution is 0.573. The highest BCUT2D eigenvalue weighted by atomic mass is 79.9. The van der Waals surface area contributed by atoms with Crippen molar-refractivity contribution in [1.29, 1.82) is 0 Å². The van der Waals surface area contributed by atoms with Crippen LogP contribution in [-0.2, 0) is 19.5 Å². The number of hydrogen-bond donors (Lipinski definition) is 0. The second-order valence-electron chi connectivity index (χ2n) is 3.65. The summed E-state index contributed by atoms with van der Waals surface area (Å²) >= 11 is 3.39. The van der Waals surface area contributed by atoms with Crippen molar-refractivity contribution < 1.29 is 0 Å². The minimum absolute atomic E-state index is 0.770. The molecule has 0 saturated heterocycles. The highest BCUT2D eigenvalue weighted by molar-refractivity contribution is 9.10. The van der Waals surface area contributed by atoms with E-state index in [-0.39, 0.29) is 0 Å². The Bertz CT molecular complexity index is 472. The predicted octanol–water partition coefficient (Wildman–Crippen LogP) is 2.47. The molecule has 0 aromatic carbocycles.